The Hall–Kier alpha value is -2.15. The van der Waals surface area contributed by atoms with Crippen molar-refractivity contribution >= 4 is 0 Å². The number of hydrogen-bond donors (Lipinski definition) is 0. The highest BCUT2D eigenvalue weighted by Crippen LogP contribution is 2.33. The van der Waals surface area contributed by atoms with Crippen molar-refractivity contribution in [3.05, 3.63) is 91.3 Å². The minimum absolute atomic E-state index is 0.128. The van der Waals surface area contributed by atoms with Gasteiger partial charge in [-0.3, -0.25) is 4.98 Å². The van der Waals surface area contributed by atoms with Gasteiger partial charge < -0.3 is 0 Å². The van der Waals surface area contributed by atoms with Crippen LogP contribution < -0.4 is 0 Å². The van der Waals surface area contributed by atoms with Gasteiger partial charge in [-0.1, -0.05) is 48.6 Å². The summed E-state index contributed by atoms with van der Waals surface area (Å²) in [5.41, 5.74) is 2.26. The summed E-state index contributed by atoms with van der Waals surface area (Å²) in [5.74, 6) is 0. The van der Waals surface area contributed by atoms with Crippen molar-refractivity contribution in [2.45, 2.75) is 24.7 Å². The third-order valence-corrected chi connectivity index (χ3v) is 3.72. The van der Waals surface area contributed by atoms with Gasteiger partial charge in [-0.05, 0) is 37.0 Å². The lowest BCUT2D eigenvalue weighted by atomic mass is 9.75. The van der Waals surface area contributed by atoms with E-state index in [1.165, 1.54) is 5.56 Å². The van der Waals surface area contributed by atoms with Crippen LogP contribution in [0.2, 0.25) is 0 Å². The lowest BCUT2D eigenvalue weighted by Gasteiger charge is -2.30. The highest BCUT2D eigenvalue weighted by molar-refractivity contribution is 5.29. The van der Waals surface area contributed by atoms with Crippen molar-refractivity contribution in [2.75, 3.05) is 0 Å². The van der Waals surface area contributed by atoms with Crippen molar-refractivity contribution in [1.29, 1.82) is 0 Å². The van der Waals surface area contributed by atoms with Crippen molar-refractivity contribution < 1.29 is 0 Å². The molecule has 0 aliphatic heterocycles. The first-order valence-corrected chi connectivity index (χ1v) is 7.01. The number of allylic oxidation sites excluding steroid dienone is 2. The predicted molar refractivity (Wildman–Crippen MR) is 85.7 cm³/mol. The van der Waals surface area contributed by atoms with Gasteiger partial charge in [0.25, 0.3) is 0 Å². The van der Waals surface area contributed by atoms with Gasteiger partial charge >= 0.3 is 0 Å². The second-order valence-electron chi connectivity index (χ2n) is 5.06. The molecular formula is C19H21N. The number of pyridine rings is 1. The van der Waals surface area contributed by atoms with Gasteiger partial charge in [0.1, 0.15) is 0 Å². The molecule has 1 unspecified atom stereocenters. The largest absolute Gasteiger partial charge is 0.260 e. The molecule has 0 saturated heterocycles. The van der Waals surface area contributed by atoms with Crippen LogP contribution in [-0.2, 0) is 11.8 Å². The second kappa shape index (κ2) is 6.85. The van der Waals surface area contributed by atoms with Crippen LogP contribution in [-0.4, -0.2) is 4.98 Å². The molecule has 0 saturated carbocycles. The van der Waals surface area contributed by atoms with Crippen LogP contribution in [0.3, 0.4) is 0 Å². The van der Waals surface area contributed by atoms with Crippen LogP contribution in [0, 0.1) is 0 Å². The van der Waals surface area contributed by atoms with Gasteiger partial charge in [-0.2, -0.15) is 0 Å². The molecule has 2 rings (SSSR count). The topological polar surface area (TPSA) is 12.9 Å². The molecule has 1 aromatic carbocycles. The Morgan fingerprint density at radius 2 is 1.75 bits per heavy atom. The van der Waals surface area contributed by atoms with Crippen LogP contribution in [0.15, 0.2) is 80.0 Å². The van der Waals surface area contributed by atoms with Gasteiger partial charge in [0.2, 0.25) is 0 Å². The molecule has 0 N–H and O–H groups in total. The molecule has 1 atom stereocenters. The van der Waals surface area contributed by atoms with Gasteiger partial charge in [-0.15, -0.1) is 13.2 Å². The van der Waals surface area contributed by atoms with Crippen molar-refractivity contribution in [3.8, 4) is 0 Å². The molecule has 20 heavy (non-hydrogen) atoms. The maximum absolute atomic E-state index is 4.57. The zero-order valence-electron chi connectivity index (χ0n) is 11.8. The van der Waals surface area contributed by atoms with E-state index in [1.807, 2.05) is 36.5 Å². The van der Waals surface area contributed by atoms with Crippen LogP contribution in [0.25, 0.3) is 0 Å². The van der Waals surface area contributed by atoms with E-state index < -0.39 is 0 Å². The third kappa shape index (κ3) is 3.24. The molecule has 0 fully saturated rings. The van der Waals surface area contributed by atoms with E-state index in [0.717, 1.165) is 25.0 Å². The highest BCUT2D eigenvalue weighted by Gasteiger charge is 2.29. The van der Waals surface area contributed by atoms with E-state index in [4.69, 9.17) is 0 Å². The first-order valence-electron chi connectivity index (χ1n) is 7.01. The molecule has 0 amide bonds. The van der Waals surface area contributed by atoms with E-state index in [2.05, 4.69) is 48.5 Å². The third-order valence-electron chi connectivity index (χ3n) is 3.72. The Kier molecular flexibility index (Phi) is 4.89. The van der Waals surface area contributed by atoms with Crippen molar-refractivity contribution in [3.63, 3.8) is 0 Å². The summed E-state index contributed by atoms with van der Waals surface area (Å²) in [5, 5.41) is 0. The molecular weight excluding hydrogens is 242 g/mol. The van der Waals surface area contributed by atoms with Crippen LogP contribution in [0.4, 0.5) is 0 Å². The summed E-state index contributed by atoms with van der Waals surface area (Å²) in [6.07, 6.45) is 8.72. The quantitative estimate of drug-likeness (QED) is 0.659. The molecule has 0 aliphatic carbocycles. The maximum atomic E-state index is 4.57. The molecule has 0 aliphatic rings. The van der Waals surface area contributed by atoms with Gasteiger partial charge in [0.15, 0.2) is 0 Å². The first kappa shape index (κ1) is 14.3. The fraction of sp³-hybridized carbons (Fsp3) is 0.211. The van der Waals surface area contributed by atoms with E-state index in [1.54, 1.807) is 0 Å². The van der Waals surface area contributed by atoms with Gasteiger partial charge in [0.05, 0.1) is 5.69 Å². The Labute approximate surface area is 121 Å². The number of hydrogen-bond acceptors (Lipinski definition) is 1. The zero-order valence-corrected chi connectivity index (χ0v) is 11.8. The molecule has 2 aromatic rings. The number of benzene rings is 1. The number of aromatic nitrogens is 1. The number of nitrogens with zero attached hydrogens (tertiary/aromatic N) is 1. The summed E-state index contributed by atoms with van der Waals surface area (Å²) in [7, 11) is 0. The van der Waals surface area contributed by atoms with Gasteiger partial charge in [0, 0.05) is 11.6 Å². The Bertz CT molecular complexity index is 544. The first-order chi connectivity index (χ1) is 9.80. The fourth-order valence-corrected chi connectivity index (χ4v) is 2.56. The SMILES string of the molecule is C=CCCC(C=C)(Cc1ccccc1)c1ccccn1. The Morgan fingerprint density at radius 1 is 1.00 bits per heavy atom. The van der Waals surface area contributed by atoms with E-state index >= 15 is 0 Å². The average Bonchev–Trinajstić information content (AvgIpc) is 2.53. The predicted octanol–water partition coefficient (Wildman–Crippen LogP) is 4.71. The summed E-state index contributed by atoms with van der Waals surface area (Å²) in [6.45, 7) is 7.93. The lowest BCUT2D eigenvalue weighted by molar-refractivity contribution is 0.478. The standard InChI is InChI=1S/C19H21N/c1-3-5-14-19(4-2,18-13-9-10-15-20-18)16-17-11-7-6-8-12-17/h3-4,6-13,15H,1-2,5,14,16H2. The molecule has 1 aromatic heterocycles. The normalized spacial score (nSPS) is 13.4. The molecule has 1 nitrogen and oxygen atoms in total. The maximum Gasteiger partial charge on any atom is 0.0506 e. The van der Waals surface area contributed by atoms with E-state index in [9.17, 15) is 0 Å². The lowest BCUT2D eigenvalue weighted by Crippen LogP contribution is -2.27. The second-order valence-corrected chi connectivity index (χ2v) is 5.06. The van der Waals surface area contributed by atoms with E-state index in [0.29, 0.717) is 0 Å². The highest BCUT2D eigenvalue weighted by atomic mass is 14.7. The summed E-state index contributed by atoms with van der Waals surface area (Å²) >= 11 is 0. The number of rotatable bonds is 7. The van der Waals surface area contributed by atoms with Gasteiger partial charge in [-0.25, -0.2) is 0 Å². The van der Waals surface area contributed by atoms with Crippen LogP contribution >= 0.6 is 0 Å². The Balaban J connectivity index is 2.37. The summed E-state index contributed by atoms with van der Waals surface area (Å²) in [6, 6.07) is 16.6. The minimum atomic E-state index is -0.128. The zero-order chi connectivity index (χ0) is 14.3. The molecule has 102 valence electrons. The summed E-state index contributed by atoms with van der Waals surface area (Å²) < 4.78 is 0. The Morgan fingerprint density at radius 3 is 2.35 bits per heavy atom. The fourth-order valence-electron chi connectivity index (χ4n) is 2.56. The van der Waals surface area contributed by atoms with Crippen molar-refractivity contribution in [2.24, 2.45) is 0 Å². The molecule has 1 heteroatoms. The van der Waals surface area contributed by atoms with Crippen LogP contribution in [0.5, 0.6) is 0 Å². The summed E-state index contributed by atoms with van der Waals surface area (Å²) in [4.78, 5) is 4.57. The monoisotopic (exact) mass is 263 g/mol. The molecule has 0 spiro atoms. The average molecular weight is 263 g/mol. The minimum Gasteiger partial charge on any atom is -0.260 e. The van der Waals surface area contributed by atoms with Crippen molar-refractivity contribution in [1.82, 2.24) is 4.98 Å². The van der Waals surface area contributed by atoms with E-state index in [-0.39, 0.29) is 5.41 Å². The molecule has 0 radical (unpaired) electrons. The molecule has 0 bridgehead atoms. The molecule has 1 heterocycles. The van der Waals surface area contributed by atoms with Crippen LogP contribution in [0.1, 0.15) is 24.1 Å². The smallest absolute Gasteiger partial charge is 0.0506 e.